The van der Waals surface area contributed by atoms with Crippen molar-refractivity contribution in [3.05, 3.63) is 109 Å². The molecule has 5 rings (SSSR count). The van der Waals surface area contributed by atoms with Gasteiger partial charge in [-0.25, -0.2) is 19.7 Å². The minimum absolute atomic E-state index is 0.00859. The highest BCUT2D eigenvalue weighted by molar-refractivity contribution is 5.89. The topological polar surface area (TPSA) is 115 Å². The van der Waals surface area contributed by atoms with Gasteiger partial charge in [0.2, 0.25) is 0 Å². The summed E-state index contributed by atoms with van der Waals surface area (Å²) in [7, 11) is 0. The average Bonchev–Trinajstić information content (AvgIpc) is 2.96. The Hall–Kier alpha value is -5.24. The number of phenolic OH excluding ortho intramolecular Hbond substituents is 2. The van der Waals surface area contributed by atoms with E-state index in [0.717, 1.165) is 11.1 Å². The van der Waals surface area contributed by atoms with Gasteiger partial charge in [0.1, 0.15) is 36.0 Å². The summed E-state index contributed by atoms with van der Waals surface area (Å²) in [6, 6.07) is 30.1. The third-order valence-electron chi connectivity index (χ3n) is 5.59. The molecule has 0 aliphatic heterocycles. The number of benzene rings is 4. The van der Waals surface area contributed by atoms with Gasteiger partial charge in [-0.05, 0) is 12.1 Å². The zero-order valence-electron chi connectivity index (χ0n) is 20.2. The van der Waals surface area contributed by atoms with Crippen molar-refractivity contribution in [3.8, 4) is 51.4 Å². The van der Waals surface area contributed by atoms with Crippen molar-refractivity contribution >= 4 is 5.97 Å². The van der Waals surface area contributed by atoms with Crippen LogP contribution in [0.5, 0.6) is 17.2 Å². The van der Waals surface area contributed by atoms with E-state index in [1.54, 1.807) is 24.3 Å². The maximum Gasteiger partial charge on any atom is 0.338 e. The van der Waals surface area contributed by atoms with Gasteiger partial charge in [0.15, 0.2) is 17.5 Å². The molecule has 0 bridgehead atoms. The monoisotopic (exact) mass is 505 g/mol. The van der Waals surface area contributed by atoms with Crippen molar-refractivity contribution in [3.63, 3.8) is 0 Å². The summed E-state index contributed by atoms with van der Waals surface area (Å²) in [5.74, 6) is 0.0864. The fourth-order valence-corrected chi connectivity index (χ4v) is 3.77. The van der Waals surface area contributed by atoms with Crippen molar-refractivity contribution < 1.29 is 24.5 Å². The number of carbonyl (C=O) groups excluding carboxylic acids is 1. The zero-order valence-corrected chi connectivity index (χ0v) is 20.2. The quantitative estimate of drug-likeness (QED) is 0.209. The van der Waals surface area contributed by atoms with Crippen LogP contribution in [0.1, 0.15) is 10.4 Å². The molecule has 0 radical (unpaired) electrons. The molecule has 0 saturated carbocycles. The number of esters is 1. The molecule has 0 fully saturated rings. The molecular weight excluding hydrogens is 482 g/mol. The largest absolute Gasteiger partial charge is 0.507 e. The number of ether oxygens (including phenoxy) is 2. The van der Waals surface area contributed by atoms with Crippen LogP contribution in [-0.2, 0) is 4.74 Å². The summed E-state index contributed by atoms with van der Waals surface area (Å²) in [5.41, 5.74) is 2.01. The lowest BCUT2D eigenvalue weighted by molar-refractivity contribution is 0.0450. The number of carbonyl (C=O) groups is 1. The van der Waals surface area contributed by atoms with Crippen LogP contribution in [0.3, 0.4) is 0 Å². The van der Waals surface area contributed by atoms with E-state index in [4.69, 9.17) is 9.47 Å². The average molecular weight is 506 g/mol. The lowest BCUT2D eigenvalue weighted by atomic mass is 10.1. The summed E-state index contributed by atoms with van der Waals surface area (Å²) >= 11 is 0. The highest BCUT2D eigenvalue weighted by atomic mass is 16.6. The van der Waals surface area contributed by atoms with Crippen LogP contribution in [0.15, 0.2) is 103 Å². The van der Waals surface area contributed by atoms with Gasteiger partial charge in [-0.3, -0.25) is 0 Å². The second-order valence-corrected chi connectivity index (χ2v) is 8.23. The van der Waals surface area contributed by atoms with Crippen LogP contribution in [-0.4, -0.2) is 44.3 Å². The maximum absolute atomic E-state index is 12.0. The fraction of sp³-hybridized carbons (Fsp3) is 0.0667. The normalized spacial score (nSPS) is 10.6. The Morgan fingerprint density at radius 2 is 1.11 bits per heavy atom. The number of hydrogen-bond donors (Lipinski definition) is 2. The van der Waals surface area contributed by atoms with Gasteiger partial charge in [0.05, 0.1) is 5.56 Å². The predicted molar refractivity (Wildman–Crippen MR) is 142 cm³/mol. The highest BCUT2D eigenvalue weighted by Crippen LogP contribution is 2.40. The van der Waals surface area contributed by atoms with E-state index in [9.17, 15) is 15.0 Å². The number of nitrogens with zero attached hydrogens (tertiary/aromatic N) is 3. The first-order valence-electron chi connectivity index (χ1n) is 11.9. The molecule has 0 aliphatic carbocycles. The number of rotatable bonds is 8. The Labute approximate surface area is 218 Å². The Morgan fingerprint density at radius 1 is 0.632 bits per heavy atom. The molecule has 38 heavy (non-hydrogen) atoms. The lowest BCUT2D eigenvalue weighted by Crippen LogP contribution is -2.12. The van der Waals surface area contributed by atoms with Gasteiger partial charge in [-0.15, -0.1) is 0 Å². The molecule has 0 atom stereocenters. The van der Waals surface area contributed by atoms with E-state index in [-0.39, 0.29) is 41.9 Å². The first kappa shape index (κ1) is 24.5. The molecule has 8 heteroatoms. The molecule has 0 amide bonds. The van der Waals surface area contributed by atoms with E-state index in [0.29, 0.717) is 17.2 Å². The molecule has 0 spiro atoms. The van der Waals surface area contributed by atoms with Gasteiger partial charge < -0.3 is 19.7 Å². The van der Waals surface area contributed by atoms with E-state index in [1.807, 2.05) is 66.7 Å². The van der Waals surface area contributed by atoms with Crippen LogP contribution in [0.25, 0.3) is 34.2 Å². The number of hydrogen-bond acceptors (Lipinski definition) is 8. The Kier molecular flexibility index (Phi) is 7.22. The van der Waals surface area contributed by atoms with Gasteiger partial charge >= 0.3 is 5.97 Å². The van der Waals surface area contributed by atoms with Gasteiger partial charge in [0, 0.05) is 23.3 Å². The molecule has 0 saturated heterocycles. The van der Waals surface area contributed by atoms with E-state index in [2.05, 4.69) is 15.0 Å². The van der Waals surface area contributed by atoms with Crippen molar-refractivity contribution in [2.75, 3.05) is 13.2 Å². The SMILES string of the molecule is O=C(OCCOc1cc(O)c(-c2nc(-c3ccccc3)nc(-c3ccccc3)n2)c(O)c1)c1ccccc1. The van der Waals surface area contributed by atoms with E-state index >= 15 is 0 Å². The third-order valence-corrected chi connectivity index (χ3v) is 5.59. The Balaban J connectivity index is 1.39. The Morgan fingerprint density at radius 3 is 1.63 bits per heavy atom. The molecule has 1 aromatic heterocycles. The number of phenols is 2. The smallest absolute Gasteiger partial charge is 0.338 e. The van der Waals surface area contributed by atoms with Gasteiger partial charge in [-0.2, -0.15) is 0 Å². The third kappa shape index (κ3) is 5.60. The molecule has 0 aliphatic rings. The minimum Gasteiger partial charge on any atom is -0.507 e. The van der Waals surface area contributed by atoms with E-state index < -0.39 is 5.97 Å². The lowest BCUT2D eigenvalue weighted by Gasteiger charge is -2.13. The van der Waals surface area contributed by atoms with Crippen LogP contribution in [0, 0.1) is 0 Å². The van der Waals surface area contributed by atoms with E-state index in [1.165, 1.54) is 12.1 Å². The number of aromatic hydroxyl groups is 2. The standard InChI is InChI=1S/C30H23N3O5/c34-24-18-23(37-16-17-38-30(36)22-14-8-3-9-15-22)19-25(35)26(24)29-32-27(20-10-4-1-5-11-20)31-28(33-29)21-12-6-2-7-13-21/h1-15,18-19,34-35H,16-17H2. The zero-order chi connectivity index (χ0) is 26.3. The molecule has 0 unspecified atom stereocenters. The van der Waals surface area contributed by atoms with Crippen LogP contribution >= 0.6 is 0 Å². The summed E-state index contributed by atoms with van der Waals surface area (Å²) in [4.78, 5) is 25.7. The number of aromatic nitrogens is 3. The first-order chi connectivity index (χ1) is 18.6. The molecular formula is C30H23N3O5. The van der Waals surface area contributed by atoms with Crippen molar-refractivity contribution in [1.82, 2.24) is 15.0 Å². The predicted octanol–water partition coefficient (Wildman–Crippen LogP) is 5.52. The Bertz CT molecular complexity index is 1460. The van der Waals surface area contributed by atoms with Gasteiger partial charge in [-0.1, -0.05) is 78.9 Å². The van der Waals surface area contributed by atoms with Crippen LogP contribution in [0.2, 0.25) is 0 Å². The van der Waals surface area contributed by atoms with Crippen LogP contribution in [0.4, 0.5) is 0 Å². The summed E-state index contributed by atoms with van der Waals surface area (Å²) in [6.45, 7) is 0.0181. The molecule has 5 aromatic rings. The van der Waals surface area contributed by atoms with Crippen molar-refractivity contribution in [2.45, 2.75) is 0 Å². The molecule has 2 N–H and O–H groups in total. The summed E-state index contributed by atoms with van der Waals surface area (Å²) in [5, 5.41) is 21.6. The van der Waals surface area contributed by atoms with Crippen LogP contribution < -0.4 is 4.74 Å². The van der Waals surface area contributed by atoms with Crippen molar-refractivity contribution in [2.24, 2.45) is 0 Å². The molecule has 188 valence electrons. The molecule has 8 nitrogen and oxygen atoms in total. The van der Waals surface area contributed by atoms with Crippen molar-refractivity contribution in [1.29, 1.82) is 0 Å². The first-order valence-corrected chi connectivity index (χ1v) is 11.9. The summed E-state index contributed by atoms with van der Waals surface area (Å²) < 4.78 is 10.8. The summed E-state index contributed by atoms with van der Waals surface area (Å²) in [6.07, 6.45) is 0. The minimum atomic E-state index is -0.464. The van der Waals surface area contributed by atoms with Gasteiger partial charge in [0.25, 0.3) is 0 Å². The highest BCUT2D eigenvalue weighted by Gasteiger charge is 2.19. The molecule has 1 heterocycles. The molecule has 4 aromatic carbocycles. The maximum atomic E-state index is 12.0. The second-order valence-electron chi connectivity index (χ2n) is 8.23. The second kappa shape index (κ2) is 11.2. The fourth-order valence-electron chi connectivity index (χ4n) is 3.77.